The van der Waals surface area contributed by atoms with E-state index in [1.165, 1.54) is 72.1 Å². The van der Waals surface area contributed by atoms with Crippen LogP contribution in [0.1, 0.15) is 104 Å². The van der Waals surface area contributed by atoms with E-state index in [1.54, 1.807) is 0 Å². The quantitative estimate of drug-likeness (QED) is 0.150. The predicted octanol–water partition coefficient (Wildman–Crippen LogP) is 15.4. The Kier molecular flexibility index (Phi) is 10.0. The van der Waals surface area contributed by atoms with Crippen LogP contribution in [-0.4, -0.2) is 0 Å². The summed E-state index contributed by atoms with van der Waals surface area (Å²) in [7, 11) is 0. The Bertz CT molecular complexity index is 2630. The third-order valence-corrected chi connectivity index (χ3v) is 12.9. The highest BCUT2D eigenvalue weighted by Crippen LogP contribution is 2.51. The fourth-order valence-electron chi connectivity index (χ4n) is 9.22. The highest BCUT2D eigenvalue weighted by atomic mass is 15.2. The smallest absolute Gasteiger partial charge is 0.0575 e. The third kappa shape index (κ3) is 7.13. The maximum atomic E-state index is 2.59. The summed E-state index contributed by atoms with van der Waals surface area (Å²) in [5.41, 5.74) is 16.9. The average molecular weight is 754 g/mol. The second-order valence-electron chi connectivity index (χ2n) is 17.9. The molecule has 0 aromatic heterocycles. The number of fused-ring (bicyclic) bond motifs is 4. The molecule has 0 N–H and O–H groups in total. The lowest BCUT2D eigenvalue weighted by atomic mass is 9.70. The van der Waals surface area contributed by atoms with Gasteiger partial charge in [0, 0.05) is 28.8 Å². The summed E-state index contributed by atoms with van der Waals surface area (Å²) in [4.78, 5) is 2.52. The van der Waals surface area contributed by atoms with Gasteiger partial charge in [-0.05, 0) is 121 Å². The molecule has 6 aromatic carbocycles. The van der Waals surface area contributed by atoms with Crippen LogP contribution in [-0.2, 0) is 11.8 Å². The van der Waals surface area contributed by atoms with Crippen molar-refractivity contribution in [2.75, 3.05) is 4.90 Å². The topological polar surface area (TPSA) is 3.24 Å². The Morgan fingerprint density at radius 2 is 1.41 bits per heavy atom. The number of hydrogen-bond donors (Lipinski definition) is 0. The van der Waals surface area contributed by atoms with Crippen LogP contribution in [0, 0.1) is 11.8 Å². The first-order valence-electron chi connectivity index (χ1n) is 21.3. The monoisotopic (exact) mass is 753 g/mol. The zero-order valence-electron chi connectivity index (χ0n) is 34.9. The maximum Gasteiger partial charge on any atom is 0.0575 e. The van der Waals surface area contributed by atoms with Crippen LogP contribution in [0.3, 0.4) is 0 Å². The van der Waals surface area contributed by atoms with Crippen LogP contribution in [0.4, 0.5) is 11.4 Å². The number of hydrogen-bond acceptors (Lipinski definition) is 1. The van der Waals surface area contributed by atoms with Crippen molar-refractivity contribution < 1.29 is 0 Å². The van der Waals surface area contributed by atoms with Gasteiger partial charge in [-0.3, -0.25) is 0 Å². The molecule has 0 bridgehead atoms. The van der Waals surface area contributed by atoms with E-state index in [0.717, 1.165) is 24.2 Å². The van der Waals surface area contributed by atoms with E-state index in [9.17, 15) is 0 Å². The highest BCUT2D eigenvalue weighted by Gasteiger charge is 2.36. The van der Waals surface area contributed by atoms with Gasteiger partial charge < -0.3 is 4.90 Å². The van der Waals surface area contributed by atoms with Gasteiger partial charge in [-0.1, -0.05) is 187 Å². The predicted molar refractivity (Wildman–Crippen MR) is 250 cm³/mol. The van der Waals surface area contributed by atoms with Crippen molar-refractivity contribution in [1.29, 1.82) is 0 Å². The molecule has 6 aromatic rings. The van der Waals surface area contributed by atoms with Gasteiger partial charge in [0.2, 0.25) is 0 Å². The molecule has 1 heteroatoms. The van der Waals surface area contributed by atoms with E-state index < -0.39 is 0 Å². The van der Waals surface area contributed by atoms with Crippen molar-refractivity contribution in [1.82, 2.24) is 0 Å². The third-order valence-electron chi connectivity index (χ3n) is 12.9. The summed E-state index contributed by atoms with van der Waals surface area (Å²) in [6.45, 7) is 13.9. The average Bonchev–Trinajstić information content (AvgIpc) is 3.25. The Morgan fingerprint density at radius 3 is 2.19 bits per heavy atom. The largest absolute Gasteiger partial charge is 0.310 e. The molecule has 0 heterocycles. The molecule has 0 radical (unpaired) electrons. The van der Waals surface area contributed by atoms with Crippen LogP contribution in [0.2, 0.25) is 0 Å². The Balaban J connectivity index is 1.25. The van der Waals surface area contributed by atoms with E-state index in [1.807, 2.05) is 0 Å². The van der Waals surface area contributed by atoms with Crippen molar-refractivity contribution in [3.8, 4) is 0 Å². The molecule has 3 aliphatic carbocycles. The highest BCUT2D eigenvalue weighted by molar-refractivity contribution is 5.97. The summed E-state index contributed by atoms with van der Waals surface area (Å²) in [6.07, 6.45) is 18.7. The van der Waals surface area contributed by atoms with E-state index in [4.69, 9.17) is 0 Å². The van der Waals surface area contributed by atoms with Crippen molar-refractivity contribution in [3.05, 3.63) is 220 Å². The fourth-order valence-corrected chi connectivity index (χ4v) is 9.22. The molecule has 1 nitrogen and oxygen atoms in total. The van der Waals surface area contributed by atoms with Gasteiger partial charge in [-0.15, -0.1) is 0 Å². The number of rotatable bonds is 8. The SMILES string of the molecule is CC(C)C(C)c1ccc(C(=CC2c3ccccc3C(N(c3ccc(C(C)(C)C)cc3)c3ccc4ccccc4c3)=C3C=CC=CC32)c2ccc3c(c2)C=CCC3)cc1. The maximum absolute atomic E-state index is 2.59. The summed E-state index contributed by atoms with van der Waals surface area (Å²) in [6, 6.07) is 50.7. The number of benzene rings is 6. The lowest BCUT2D eigenvalue weighted by Gasteiger charge is -2.40. The first-order valence-corrected chi connectivity index (χ1v) is 21.3. The molecule has 9 rings (SSSR count). The Morgan fingerprint density at radius 1 is 0.690 bits per heavy atom. The molecule has 0 aliphatic heterocycles. The van der Waals surface area contributed by atoms with Crippen molar-refractivity contribution in [3.63, 3.8) is 0 Å². The molecule has 0 fully saturated rings. The number of allylic oxidation sites excluding steroid dienone is 7. The molecule has 0 amide bonds. The molecule has 3 atom stereocenters. The first kappa shape index (κ1) is 37.6. The summed E-state index contributed by atoms with van der Waals surface area (Å²) in [5.74, 6) is 1.34. The molecule has 288 valence electrons. The summed E-state index contributed by atoms with van der Waals surface area (Å²) < 4.78 is 0. The standard InChI is InChI=1S/C57H55N/c1-38(2)39(3)40-23-26-43(27-24-40)54(46-28-25-41-15-7-9-17-44(41)35-46)37-55-50-19-11-13-21-52(50)56(53-22-14-12-20-51(53)55)58(48-33-30-47(31-34-48)57(4,5)6)49-32-29-42-16-8-10-18-45(42)36-49/h8-14,16-39,50,55H,7,15H2,1-6H3. The zero-order chi connectivity index (χ0) is 40.0. The van der Waals surface area contributed by atoms with Gasteiger partial charge in [0.1, 0.15) is 0 Å². The van der Waals surface area contributed by atoms with Crippen molar-refractivity contribution in [2.45, 2.75) is 71.6 Å². The van der Waals surface area contributed by atoms with Gasteiger partial charge in [0.05, 0.1) is 5.70 Å². The zero-order valence-corrected chi connectivity index (χ0v) is 34.9. The van der Waals surface area contributed by atoms with Gasteiger partial charge >= 0.3 is 0 Å². The van der Waals surface area contributed by atoms with Gasteiger partial charge in [-0.25, -0.2) is 0 Å². The van der Waals surface area contributed by atoms with Crippen LogP contribution < -0.4 is 4.90 Å². The second kappa shape index (κ2) is 15.4. The molecular weight excluding hydrogens is 699 g/mol. The Labute approximate surface area is 346 Å². The van der Waals surface area contributed by atoms with Crippen LogP contribution in [0.25, 0.3) is 28.1 Å². The second-order valence-corrected chi connectivity index (χ2v) is 17.9. The van der Waals surface area contributed by atoms with Gasteiger partial charge in [0.15, 0.2) is 0 Å². The molecule has 58 heavy (non-hydrogen) atoms. The number of nitrogens with zero attached hydrogens (tertiary/aromatic N) is 1. The lowest BCUT2D eigenvalue weighted by molar-refractivity contribution is 0.535. The van der Waals surface area contributed by atoms with Crippen molar-refractivity contribution in [2.24, 2.45) is 11.8 Å². The number of anilines is 2. The molecule has 3 aliphatic rings. The van der Waals surface area contributed by atoms with E-state index >= 15 is 0 Å². The van der Waals surface area contributed by atoms with Gasteiger partial charge in [-0.2, -0.15) is 0 Å². The van der Waals surface area contributed by atoms with Crippen LogP contribution >= 0.6 is 0 Å². The van der Waals surface area contributed by atoms with E-state index in [2.05, 4.69) is 222 Å². The van der Waals surface area contributed by atoms with Crippen molar-refractivity contribution >= 4 is 39.5 Å². The minimum absolute atomic E-state index is 0.0617. The fraction of sp³-hybridized carbons (Fsp3) is 0.228. The summed E-state index contributed by atoms with van der Waals surface area (Å²) in [5, 5.41) is 2.48. The summed E-state index contributed by atoms with van der Waals surface area (Å²) >= 11 is 0. The van der Waals surface area contributed by atoms with Crippen LogP contribution in [0.15, 0.2) is 175 Å². The molecule has 0 spiro atoms. The molecule has 0 saturated carbocycles. The number of aryl methyl sites for hydroxylation is 1. The first-order chi connectivity index (χ1) is 28.1. The molecule has 3 unspecified atom stereocenters. The molecular formula is C57H55N. The minimum Gasteiger partial charge on any atom is -0.310 e. The van der Waals surface area contributed by atoms with E-state index in [-0.39, 0.29) is 17.3 Å². The van der Waals surface area contributed by atoms with Crippen LogP contribution in [0.5, 0.6) is 0 Å². The molecule has 0 saturated heterocycles. The van der Waals surface area contributed by atoms with E-state index in [0.29, 0.717) is 11.8 Å². The Hall–Kier alpha value is -5.92. The normalized spacial score (nSPS) is 17.9. The minimum atomic E-state index is 0.0617. The lowest BCUT2D eigenvalue weighted by Crippen LogP contribution is -2.27. The van der Waals surface area contributed by atoms with Gasteiger partial charge in [0.25, 0.3) is 0 Å².